The maximum atomic E-state index is 3.55. The molecule has 0 bridgehead atoms. The molecular formula is C11H20N4. The van der Waals surface area contributed by atoms with Gasteiger partial charge in [-0.05, 0) is 13.1 Å². The third-order valence-corrected chi connectivity index (χ3v) is 2.98. The zero-order chi connectivity index (χ0) is 10.7. The molecule has 1 fully saturated rings. The Hall–Kier alpha value is -1.00. The van der Waals surface area contributed by atoms with Crippen molar-refractivity contribution in [2.75, 3.05) is 45.2 Å². The smallest absolute Gasteiger partial charge is 0.0541 e. The number of rotatable bonds is 3. The van der Waals surface area contributed by atoms with Gasteiger partial charge >= 0.3 is 0 Å². The van der Waals surface area contributed by atoms with E-state index in [0.717, 1.165) is 26.2 Å². The van der Waals surface area contributed by atoms with Crippen LogP contribution in [-0.4, -0.2) is 56.2 Å². The average Bonchev–Trinajstić information content (AvgIpc) is 2.70. The first-order valence-corrected chi connectivity index (χ1v) is 5.51. The molecule has 1 aliphatic rings. The van der Waals surface area contributed by atoms with Crippen LogP contribution in [0.4, 0.5) is 5.69 Å². The fourth-order valence-corrected chi connectivity index (χ4v) is 2.10. The molecule has 1 aliphatic heterocycles. The Labute approximate surface area is 91.3 Å². The fourth-order valence-electron chi connectivity index (χ4n) is 2.10. The Morgan fingerprint density at radius 2 is 2.47 bits per heavy atom. The summed E-state index contributed by atoms with van der Waals surface area (Å²) in [6.45, 7) is 4.45. The number of likely N-dealkylation sites (N-methyl/N-ethyl adjacent to an activating group) is 2. The summed E-state index contributed by atoms with van der Waals surface area (Å²) in [5, 5.41) is 3.55. The van der Waals surface area contributed by atoms with E-state index in [1.807, 2.05) is 12.4 Å². The largest absolute Gasteiger partial charge is 0.372 e. The molecule has 4 nitrogen and oxygen atoms in total. The molecule has 1 saturated heterocycles. The van der Waals surface area contributed by atoms with Gasteiger partial charge < -0.3 is 20.1 Å². The highest BCUT2D eigenvalue weighted by atomic mass is 15.2. The molecule has 0 amide bonds. The SMILES string of the molecule is CN1CCNC(CN(C)c2cc[nH]c2)C1. The van der Waals surface area contributed by atoms with Crippen LogP contribution in [0.5, 0.6) is 0 Å². The number of H-pyrrole nitrogens is 1. The number of anilines is 1. The van der Waals surface area contributed by atoms with E-state index >= 15 is 0 Å². The first-order valence-electron chi connectivity index (χ1n) is 5.51. The molecule has 0 saturated carbocycles. The molecule has 0 aromatic carbocycles. The van der Waals surface area contributed by atoms with Gasteiger partial charge in [-0.2, -0.15) is 0 Å². The third-order valence-electron chi connectivity index (χ3n) is 2.98. The Kier molecular flexibility index (Phi) is 3.28. The molecule has 1 unspecified atom stereocenters. The van der Waals surface area contributed by atoms with E-state index < -0.39 is 0 Å². The molecule has 2 N–H and O–H groups in total. The van der Waals surface area contributed by atoms with Crippen molar-refractivity contribution in [1.29, 1.82) is 0 Å². The van der Waals surface area contributed by atoms with E-state index in [9.17, 15) is 0 Å². The van der Waals surface area contributed by atoms with Crippen molar-refractivity contribution >= 4 is 5.69 Å². The van der Waals surface area contributed by atoms with Crippen molar-refractivity contribution in [3.05, 3.63) is 18.5 Å². The standard InChI is InChI=1S/C11H20N4/c1-14-6-5-13-10(8-14)9-15(2)11-3-4-12-7-11/h3-4,7,10,12-13H,5-6,8-9H2,1-2H3. The van der Waals surface area contributed by atoms with Crippen LogP contribution in [0.15, 0.2) is 18.5 Å². The van der Waals surface area contributed by atoms with Gasteiger partial charge in [0.25, 0.3) is 0 Å². The van der Waals surface area contributed by atoms with Crippen molar-refractivity contribution in [2.45, 2.75) is 6.04 Å². The van der Waals surface area contributed by atoms with E-state index in [2.05, 4.69) is 40.3 Å². The van der Waals surface area contributed by atoms with E-state index in [-0.39, 0.29) is 0 Å². The fraction of sp³-hybridized carbons (Fsp3) is 0.636. The second-order valence-electron chi connectivity index (χ2n) is 4.36. The summed E-state index contributed by atoms with van der Waals surface area (Å²) >= 11 is 0. The number of nitrogens with zero attached hydrogens (tertiary/aromatic N) is 2. The highest BCUT2D eigenvalue weighted by molar-refractivity contribution is 5.43. The quantitative estimate of drug-likeness (QED) is 0.752. The van der Waals surface area contributed by atoms with Crippen LogP contribution < -0.4 is 10.2 Å². The van der Waals surface area contributed by atoms with Crippen molar-refractivity contribution in [3.8, 4) is 0 Å². The third kappa shape index (κ3) is 2.73. The molecule has 4 heteroatoms. The second-order valence-corrected chi connectivity index (χ2v) is 4.36. The van der Waals surface area contributed by atoms with Crippen molar-refractivity contribution in [2.24, 2.45) is 0 Å². The molecule has 0 spiro atoms. The lowest BCUT2D eigenvalue weighted by atomic mass is 10.2. The monoisotopic (exact) mass is 208 g/mol. The van der Waals surface area contributed by atoms with E-state index in [4.69, 9.17) is 0 Å². The zero-order valence-corrected chi connectivity index (χ0v) is 9.53. The van der Waals surface area contributed by atoms with Crippen LogP contribution in [0, 0.1) is 0 Å². The maximum absolute atomic E-state index is 3.55. The van der Waals surface area contributed by atoms with E-state index in [1.165, 1.54) is 5.69 Å². The van der Waals surface area contributed by atoms with Crippen LogP contribution in [0.2, 0.25) is 0 Å². The van der Waals surface area contributed by atoms with Gasteiger partial charge in [0.1, 0.15) is 0 Å². The first-order chi connectivity index (χ1) is 7.25. The molecule has 2 rings (SSSR count). The molecule has 84 valence electrons. The minimum atomic E-state index is 0.573. The lowest BCUT2D eigenvalue weighted by Crippen LogP contribution is -2.53. The summed E-state index contributed by atoms with van der Waals surface area (Å²) in [5.41, 5.74) is 1.25. The van der Waals surface area contributed by atoms with Gasteiger partial charge in [0.2, 0.25) is 0 Å². The van der Waals surface area contributed by atoms with Gasteiger partial charge in [-0.25, -0.2) is 0 Å². The number of aromatic amines is 1. The predicted molar refractivity (Wildman–Crippen MR) is 63.4 cm³/mol. The molecule has 1 aromatic rings. The summed E-state index contributed by atoms with van der Waals surface area (Å²) in [4.78, 5) is 7.75. The molecule has 0 aliphatic carbocycles. The Bertz CT molecular complexity index is 283. The molecule has 1 aromatic heterocycles. The number of nitrogens with one attached hydrogen (secondary N) is 2. The maximum Gasteiger partial charge on any atom is 0.0541 e. The number of piperazine rings is 1. The summed E-state index contributed by atoms with van der Waals surface area (Å²) in [5.74, 6) is 0. The molecular weight excluding hydrogens is 188 g/mol. The topological polar surface area (TPSA) is 34.3 Å². The van der Waals surface area contributed by atoms with E-state index in [0.29, 0.717) is 6.04 Å². The lowest BCUT2D eigenvalue weighted by Gasteiger charge is -2.33. The van der Waals surface area contributed by atoms with E-state index in [1.54, 1.807) is 0 Å². The number of aromatic nitrogens is 1. The molecule has 1 atom stereocenters. The minimum Gasteiger partial charge on any atom is -0.372 e. The van der Waals surface area contributed by atoms with Gasteiger partial charge in [0.15, 0.2) is 0 Å². The lowest BCUT2D eigenvalue weighted by molar-refractivity contribution is 0.241. The summed E-state index contributed by atoms with van der Waals surface area (Å²) in [7, 11) is 4.32. The predicted octanol–water partition coefficient (Wildman–Crippen LogP) is 0.355. The minimum absolute atomic E-state index is 0.573. The molecule has 2 heterocycles. The summed E-state index contributed by atoms with van der Waals surface area (Å²) in [6, 6.07) is 2.68. The van der Waals surface area contributed by atoms with Crippen LogP contribution in [-0.2, 0) is 0 Å². The van der Waals surface area contributed by atoms with Gasteiger partial charge in [0, 0.05) is 51.7 Å². The van der Waals surface area contributed by atoms with Gasteiger partial charge in [-0.15, -0.1) is 0 Å². The van der Waals surface area contributed by atoms with Gasteiger partial charge in [-0.1, -0.05) is 0 Å². The Morgan fingerprint density at radius 3 is 3.13 bits per heavy atom. The van der Waals surface area contributed by atoms with Crippen LogP contribution in [0.3, 0.4) is 0 Å². The van der Waals surface area contributed by atoms with Crippen molar-refractivity contribution in [3.63, 3.8) is 0 Å². The van der Waals surface area contributed by atoms with Gasteiger partial charge in [0.05, 0.1) is 5.69 Å². The van der Waals surface area contributed by atoms with Crippen molar-refractivity contribution in [1.82, 2.24) is 15.2 Å². The Morgan fingerprint density at radius 1 is 1.60 bits per heavy atom. The van der Waals surface area contributed by atoms with Crippen LogP contribution >= 0.6 is 0 Å². The highest BCUT2D eigenvalue weighted by Crippen LogP contribution is 2.11. The highest BCUT2D eigenvalue weighted by Gasteiger charge is 2.17. The number of hydrogen-bond acceptors (Lipinski definition) is 3. The van der Waals surface area contributed by atoms with Crippen molar-refractivity contribution < 1.29 is 0 Å². The van der Waals surface area contributed by atoms with Crippen LogP contribution in [0.1, 0.15) is 0 Å². The number of hydrogen-bond donors (Lipinski definition) is 2. The average molecular weight is 208 g/mol. The normalized spacial score (nSPS) is 22.9. The Balaban J connectivity index is 1.86. The second kappa shape index (κ2) is 4.68. The zero-order valence-electron chi connectivity index (χ0n) is 9.53. The molecule has 15 heavy (non-hydrogen) atoms. The van der Waals surface area contributed by atoms with Gasteiger partial charge in [-0.3, -0.25) is 0 Å². The molecule has 0 radical (unpaired) electrons. The van der Waals surface area contributed by atoms with Crippen LogP contribution in [0.25, 0.3) is 0 Å². The summed E-state index contributed by atoms with van der Waals surface area (Å²) < 4.78 is 0. The summed E-state index contributed by atoms with van der Waals surface area (Å²) in [6.07, 6.45) is 4.00. The first kappa shape index (κ1) is 10.5.